The first kappa shape index (κ1) is 11.0. The molecule has 3 nitrogen and oxygen atoms in total. The third-order valence-electron chi connectivity index (χ3n) is 1.72. The molecule has 0 rings (SSSR count). The van der Waals surface area contributed by atoms with Gasteiger partial charge in [-0.25, -0.2) is 0 Å². The molecule has 0 saturated heterocycles. The van der Waals surface area contributed by atoms with Gasteiger partial charge in [-0.15, -0.1) is 0 Å². The van der Waals surface area contributed by atoms with E-state index < -0.39 is 11.6 Å². The van der Waals surface area contributed by atoms with Gasteiger partial charge in [0.15, 0.2) is 0 Å². The van der Waals surface area contributed by atoms with Crippen molar-refractivity contribution in [3.63, 3.8) is 0 Å². The Hall–Kier alpha value is -1.01. The average Bonchev–Trinajstić information content (AvgIpc) is 1.85. The van der Waals surface area contributed by atoms with E-state index in [1.165, 1.54) is 0 Å². The highest BCUT2D eigenvalue weighted by Crippen LogP contribution is 2.07. The molecule has 0 fully saturated rings. The van der Waals surface area contributed by atoms with Gasteiger partial charge in [-0.3, -0.25) is 4.79 Å². The number of rotatable bonds is 2. The highest BCUT2D eigenvalue weighted by Gasteiger charge is 2.25. The zero-order chi connectivity index (χ0) is 9.78. The Morgan fingerprint density at radius 3 is 2.42 bits per heavy atom. The second-order valence-electron chi connectivity index (χ2n) is 3.23. The molecule has 3 heteroatoms. The van der Waals surface area contributed by atoms with Crippen LogP contribution >= 0.6 is 0 Å². The molecule has 0 aliphatic rings. The van der Waals surface area contributed by atoms with Crippen LogP contribution in [0.15, 0.2) is 0 Å². The summed E-state index contributed by atoms with van der Waals surface area (Å²) >= 11 is 0. The minimum Gasteiger partial charge on any atom is -0.391 e. The van der Waals surface area contributed by atoms with Gasteiger partial charge in [0.2, 0.25) is 0 Å². The van der Waals surface area contributed by atoms with Gasteiger partial charge in [-0.1, -0.05) is 5.92 Å². The van der Waals surface area contributed by atoms with Crippen LogP contribution in [0.3, 0.4) is 0 Å². The first-order chi connectivity index (χ1) is 5.40. The van der Waals surface area contributed by atoms with Crippen LogP contribution in [0.5, 0.6) is 0 Å². The van der Waals surface area contributed by atoms with Crippen molar-refractivity contribution in [1.29, 1.82) is 0 Å². The Kier molecular flexibility index (Phi) is 3.78. The maximum Gasteiger partial charge on any atom is 0.296 e. The number of carbonyl (C=O) groups is 1. The SMILES string of the molecule is CC#CC(=O)NC(C)(C)C(C)O. The van der Waals surface area contributed by atoms with E-state index in [-0.39, 0.29) is 5.91 Å². The van der Waals surface area contributed by atoms with Crippen molar-refractivity contribution in [1.82, 2.24) is 5.32 Å². The molecule has 0 aromatic rings. The molecule has 68 valence electrons. The largest absolute Gasteiger partial charge is 0.391 e. The lowest BCUT2D eigenvalue weighted by Gasteiger charge is -2.28. The summed E-state index contributed by atoms with van der Waals surface area (Å²) in [6.07, 6.45) is -0.597. The minimum atomic E-state index is -0.624. The molecule has 0 aliphatic heterocycles. The maximum atomic E-state index is 11.0. The van der Waals surface area contributed by atoms with Crippen molar-refractivity contribution >= 4 is 5.91 Å². The van der Waals surface area contributed by atoms with Gasteiger partial charge < -0.3 is 10.4 Å². The van der Waals surface area contributed by atoms with Crippen LogP contribution in [0, 0.1) is 11.8 Å². The summed E-state index contributed by atoms with van der Waals surface area (Å²) in [6, 6.07) is 0. The van der Waals surface area contributed by atoms with Crippen molar-refractivity contribution in [3.8, 4) is 11.8 Å². The van der Waals surface area contributed by atoms with Crippen molar-refractivity contribution in [3.05, 3.63) is 0 Å². The summed E-state index contributed by atoms with van der Waals surface area (Å²) in [5, 5.41) is 11.8. The molecule has 1 amide bonds. The molecule has 0 heterocycles. The molecular weight excluding hydrogens is 154 g/mol. The quantitative estimate of drug-likeness (QED) is 0.583. The molecule has 1 unspecified atom stereocenters. The minimum absolute atomic E-state index is 0.358. The Morgan fingerprint density at radius 2 is 2.08 bits per heavy atom. The van der Waals surface area contributed by atoms with Crippen LogP contribution in [0.4, 0.5) is 0 Å². The van der Waals surface area contributed by atoms with Crippen molar-refractivity contribution < 1.29 is 9.90 Å². The van der Waals surface area contributed by atoms with E-state index in [2.05, 4.69) is 17.2 Å². The van der Waals surface area contributed by atoms with Crippen molar-refractivity contribution in [2.24, 2.45) is 0 Å². The fourth-order valence-electron chi connectivity index (χ4n) is 0.542. The number of carbonyl (C=O) groups excluding carboxylic acids is 1. The summed E-state index contributed by atoms with van der Waals surface area (Å²) in [5.41, 5.74) is -0.624. The van der Waals surface area contributed by atoms with E-state index in [0.717, 1.165) is 0 Å². The van der Waals surface area contributed by atoms with Crippen molar-refractivity contribution in [2.75, 3.05) is 0 Å². The first-order valence-electron chi connectivity index (χ1n) is 3.83. The smallest absolute Gasteiger partial charge is 0.296 e. The molecule has 0 aliphatic carbocycles. The molecule has 2 N–H and O–H groups in total. The van der Waals surface area contributed by atoms with Crippen LogP contribution < -0.4 is 5.32 Å². The molecule has 0 aromatic carbocycles. The van der Waals surface area contributed by atoms with E-state index in [1.54, 1.807) is 27.7 Å². The van der Waals surface area contributed by atoms with Gasteiger partial charge in [0.05, 0.1) is 11.6 Å². The van der Waals surface area contributed by atoms with Gasteiger partial charge in [0.25, 0.3) is 5.91 Å². The van der Waals surface area contributed by atoms with Crippen LogP contribution in [-0.2, 0) is 4.79 Å². The van der Waals surface area contributed by atoms with E-state index >= 15 is 0 Å². The van der Waals surface area contributed by atoms with E-state index in [1.807, 2.05) is 0 Å². The summed E-state index contributed by atoms with van der Waals surface area (Å²) in [4.78, 5) is 11.0. The van der Waals surface area contributed by atoms with E-state index in [0.29, 0.717) is 0 Å². The van der Waals surface area contributed by atoms with Crippen LogP contribution in [0.1, 0.15) is 27.7 Å². The second kappa shape index (κ2) is 4.13. The second-order valence-corrected chi connectivity index (χ2v) is 3.23. The van der Waals surface area contributed by atoms with Gasteiger partial charge in [-0.2, -0.15) is 0 Å². The normalized spacial score (nSPS) is 12.8. The van der Waals surface area contributed by atoms with Crippen molar-refractivity contribution in [2.45, 2.75) is 39.3 Å². The molecule has 0 spiro atoms. The number of nitrogens with one attached hydrogen (secondary N) is 1. The lowest BCUT2D eigenvalue weighted by molar-refractivity contribution is -0.118. The standard InChI is InChI=1S/C9H15NO2/c1-5-6-8(12)10-9(3,4)7(2)11/h7,11H,1-4H3,(H,10,12). The molecule has 0 radical (unpaired) electrons. The average molecular weight is 169 g/mol. The zero-order valence-electron chi connectivity index (χ0n) is 7.93. The molecule has 1 atom stereocenters. The van der Waals surface area contributed by atoms with Crippen LogP contribution in [0.2, 0.25) is 0 Å². The van der Waals surface area contributed by atoms with E-state index in [4.69, 9.17) is 0 Å². The third kappa shape index (κ3) is 3.40. The third-order valence-corrected chi connectivity index (χ3v) is 1.72. The molecule has 0 aromatic heterocycles. The Labute approximate surface area is 73.2 Å². The Bertz CT molecular complexity index is 220. The summed E-state index contributed by atoms with van der Waals surface area (Å²) in [7, 11) is 0. The molecule has 0 saturated carbocycles. The first-order valence-corrected chi connectivity index (χ1v) is 3.83. The highest BCUT2D eigenvalue weighted by molar-refractivity contribution is 5.93. The van der Waals surface area contributed by atoms with Gasteiger partial charge in [-0.05, 0) is 33.6 Å². The Morgan fingerprint density at radius 1 is 1.58 bits per heavy atom. The summed E-state index contributed by atoms with van der Waals surface area (Å²) in [5.74, 6) is 4.47. The molecule has 12 heavy (non-hydrogen) atoms. The predicted octanol–water partition coefficient (Wildman–Crippen LogP) is 0.285. The highest BCUT2D eigenvalue weighted by atomic mass is 16.3. The number of aliphatic hydroxyl groups is 1. The van der Waals surface area contributed by atoms with Gasteiger partial charge in [0.1, 0.15) is 0 Å². The topological polar surface area (TPSA) is 49.3 Å². The predicted molar refractivity (Wildman–Crippen MR) is 47.4 cm³/mol. The zero-order valence-corrected chi connectivity index (χ0v) is 7.93. The summed E-state index contributed by atoms with van der Waals surface area (Å²) in [6.45, 7) is 6.70. The maximum absolute atomic E-state index is 11.0. The fourth-order valence-corrected chi connectivity index (χ4v) is 0.542. The molecular formula is C9H15NO2. The van der Waals surface area contributed by atoms with Gasteiger partial charge in [0, 0.05) is 0 Å². The van der Waals surface area contributed by atoms with E-state index in [9.17, 15) is 9.90 Å². The number of hydrogen-bond donors (Lipinski definition) is 2. The lowest BCUT2D eigenvalue weighted by atomic mass is 9.99. The number of amides is 1. The van der Waals surface area contributed by atoms with Gasteiger partial charge >= 0.3 is 0 Å². The molecule has 0 bridgehead atoms. The monoisotopic (exact) mass is 169 g/mol. The summed E-state index contributed by atoms with van der Waals surface area (Å²) < 4.78 is 0. The van der Waals surface area contributed by atoms with Crippen LogP contribution in [0.25, 0.3) is 0 Å². The lowest BCUT2D eigenvalue weighted by Crippen LogP contribution is -2.50. The van der Waals surface area contributed by atoms with Crippen LogP contribution in [-0.4, -0.2) is 22.7 Å². The Balaban J connectivity index is 4.21. The number of aliphatic hydroxyl groups excluding tert-OH is 1. The number of hydrogen-bond acceptors (Lipinski definition) is 2. The fraction of sp³-hybridized carbons (Fsp3) is 0.667.